The fourth-order valence-corrected chi connectivity index (χ4v) is 3.73. The van der Waals surface area contributed by atoms with Crippen molar-refractivity contribution in [2.75, 3.05) is 0 Å². The van der Waals surface area contributed by atoms with Crippen molar-refractivity contribution in [3.63, 3.8) is 0 Å². The lowest BCUT2D eigenvalue weighted by Gasteiger charge is -2.38. The molecule has 2 nitrogen and oxygen atoms in total. The van der Waals surface area contributed by atoms with E-state index in [4.69, 9.17) is 4.74 Å². The molecule has 0 aromatic carbocycles. The van der Waals surface area contributed by atoms with E-state index in [2.05, 4.69) is 37.8 Å². The third-order valence-corrected chi connectivity index (χ3v) is 5.02. The van der Waals surface area contributed by atoms with Crippen LogP contribution in [0.15, 0.2) is 37.0 Å². The summed E-state index contributed by atoms with van der Waals surface area (Å²) in [6.07, 6.45) is 13.3. The van der Waals surface area contributed by atoms with Gasteiger partial charge in [0.2, 0.25) is 0 Å². The van der Waals surface area contributed by atoms with E-state index >= 15 is 0 Å². The summed E-state index contributed by atoms with van der Waals surface area (Å²) in [4.78, 5) is 12.9. The zero-order valence-corrected chi connectivity index (χ0v) is 11.8. The maximum atomic E-state index is 12.9. The van der Waals surface area contributed by atoms with Crippen molar-refractivity contribution in [3.05, 3.63) is 37.0 Å². The molecule has 2 aliphatic carbocycles. The van der Waals surface area contributed by atoms with Gasteiger partial charge in [0.15, 0.2) is 0 Å². The number of allylic oxidation sites excluding steroid dienone is 3. The van der Waals surface area contributed by atoms with Gasteiger partial charge in [-0.2, -0.15) is 0 Å². The first-order valence-electron chi connectivity index (χ1n) is 7.23. The van der Waals surface area contributed by atoms with E-state index in [1.807, 2.05) is 13.0 Å². The van der Waals surface area contributed by atoms with Gasteiger partial charge in [-0.15, -0.1) is 6.58 Å². The van der Waals surface area contributed by atoms with E-state index in [1.165, 1.54) is 0 Å². The third-order valence-electron chi connectivity index (χ3n) is 5.02. The number of Topliss-reactive ketones (excluding diaryl/α,β-unsaturated/α-hetero) is 1. The summed E-state index contributed by atoms with van der Waals surface area (Å²) >= 11 is 0. The minimum absolute atomic E-state index is 0.0961. The Hall–Kier alpha value is -1.15. The second-order valence-electron chi connectivity index (χ2n) is 6.38. The minimum atomic E-state index is -0.374. The van der Waals surface area contributed by atoms with Gasteiger partial charge in [-0.3, -0.25) is 4.79 Å². The van der Waals surface area contributed by atoms with Crippen LogP contribution in [-0.2, 0) is 9.53 Å². The normalized spacial score (nSPS) is 47.3. The molecule has 0 N–H and O–H groups in total. The average Bonchev–Trinajstić information content (AvgIpc) is 3.09. The number of hydrogen-bond donors (Lipinski definition) is 0. The Kier molecular flexibility index (Phi) is 2.82. The minimum Gasteiger partial charge on any atom is -0.361 e. The zero-order chi connectivity index (χ0) is 13.7. The molecule has 0 bridgehead atoms. The highest BCUT2D eigenvalue weighted by atomic mass is 16.6. The molecule has 0 radical (unpaired) electrons. The van der Waals surface area contributed by atoms with Gasteiger partial charge in [0.1, 0.15) is 11.4 Å². The fourth-order valence-electron chi connectivity index (χ4n) is 3.73. The largest absolute Gasteiger partial charge is 0.361 e. The van der Waals surface area contributed by atoms with Gasteiger partial charge in [-0.05, 0) is 26.2 Å². The number of fused-ring (bicyclic) bond motifs is 3. The molecule has 5 atom stereocenters. The summed E-state index contributed by atoms with van der Waals surface area (Å²) in [6.45, 7) is 7.96. The third kappa shape index (κ3) is 1.77. The summed E-state index contributed by atoms with van der Waals surface area (Å²) < 4.78 is 5.86. The summed E-state index contributed by atoms with van der Waals surface area (Å²) in [5.74, 6) is 0.664. The van der Waals surface area contributed by atoms with Gasteiger partial charge < -0.3 is 4.74 Å². The lowest BCUT2D eigenvalue weighted by atomic mass is 9.62. The van der Waals surface area contributed by atoms with Crippen LogP contribution in [0.25, 0.3) is 0 Å². The van der Waals surface area contributed by atoms with E-state index in [1.54, 1.807) is 0 Å². The van der Waals surface area contributed by atoms with Crippen molar-refractivity contribution >= 4 is 5.78 Å². The Morgan fingerprint density at radius 3 is 3.05 bits per heavy atom. The first-order chi connectivity index (χ1) is 9.03. The second kappa shape index (κ2) is 4.17. The number of epoxide rings is 1. The van der Waals surface area contributed by atoms with Crippen molar-refractivity contribution < 1.29 is 9.53 Å². The number of ketones is 1. The van der Waals surface area contributed by atoms with E-state index in [0.29, 0.717) is 5.78 Å². The number of ether oxygens (including phenoxy) is 1. The first-order valence-corrected chi connectivity index (χ1v) is 7.23. The summed E-state index contributed by atoms with van der Waals surface area (Å²) in [6, 6.07) is 0. The standard InChI is InChI=1S/C17H22O2/c1-4-5-9-17-11-10-16(3)15(19-16)13(17)8-6-7-12(2)14(17)18/h4,6,8,10-13,15H,1,5,7,9H2,2-3H3/t12-,13-,15-,16+,17+/m1/s1. The lowest BCUT2D eigenvalue weighted by Crippen LogP contribution is -2.44. The molecule has 1 fully saturated rings. The zero-order valence-electron chi connectivity index (χ0n) is 11.8. The molecule has 102 valence electrons. The number of carbonyl (C=O) groups excluding carboxylic acids is 1. The molecule has 0 aromatic rings. The van der Waals surface area contributed by atoms with Crippen molar-refractivity contribution in [3.8, 4) is 0 Å². The smallest absolute Gasteiger partial charge is 0.146 e. The fraction of sp³-hybridized carbons (Fsp3) is 0.588. The Morgan fingerprint density at radius 1 is 1.53 bits per heavy atom. The summed E-state index contributed by atoms with van der Waals surface area (Å²) in [5, 5.41) is 0. The van der Waals surface area contributed by atoms with E-state index in [9.17, 15) is 4.79 Å². The van der Waals surface area contributed by atoms with E-state index < -0.39 is 0 Å². The molecule has 0 amide bonds. The average molecular weight is 258 g/mol. The first kappa shape index (κ1) is 12.9. The second-order valence-corrected chi connectivity index (χ2v) is 6.38. The van der Waals surface area contributed by atoms with Crippen LogP contribution in [0, 0.1) is 17.3 Å². The molecule has 0 spiro atoms. The van der Waals surface area contributed by atoms with Gasteiger partial charge in [0.25, 0.3) is 0 Å². The van der Waals surface area contributed by atoms with Crippen LogP contribution in [0.1, 0.15) is 33.1 Å². The van der Waals surface area contributed by atoms with Crippen LogP contribution in [-0.4, -0.2) is 17.5 Å². The highest BCUT2D eigenvalue weighted by molar-refractivity contribution is 5.90. The van der Waals surface area contributed by atoms with Crippen molar-refractivity contribution in [1.82, 2.24) is 0 Å². The van der Waals surface area contributed by atoms with Crippen LogP contribution in [0.4, 0.5) is 0 Å². The molecule has 2 heteroatoms. The van der Waals surface area contributed by atoms with Crippen molar-refractivity contribution in [2.24, 2.45) is 17.3 Å². The van der Waals surface area contributed by atoms with E-state index in [0.717, 1.165) is 19.3 Å². The molecule has 1 heterocycles. The lowest BCUT2D eigenvalue weighted by molar-refractivity contribution is -0.132. The summed E-state index contributed by atoms with van der Waals surface area (Å²) in [5.41, 5.74) is -0.512. The molecule has 1 saturated heterocycles. The van der Waals surface area contributed by atoms with Gasteiger partial charge in [0, 0.05) is 11.8 Å². The number of hydrogen-bond acceptors (Lipinski definition) is 2. The van der Waals surface area contributed by atoms with Gasteiger partial charge in [0.05, 0.1) is 11.5 Å². The Balaban J connectivity index is 2.04. The predicted molar refractivity (Wildman–Crippen MR) is 75.7 cm³/mol. The van der Waals surface area contributed by atoms with Crippen LogP contribution < -0.4 is 0 Å². The molecule has 0 aromatic heterocycles. The molecule has 0 unspecified atom stereocenters. The molecule has 0 saturated carbocycles. The number of rotatable bonds is 3. The molecule has 3 rings (SSSR count). The monoisotopic (exact) mass is 258 g/mol. The Labute approximate surface area is 115 Å². The Morgan fingerprint density at radius 2 is 2.32 bits per heavy atom. The highest BCUT2D eigenvalue weighted by Crippen LogP contribution is 2.57. The quantitative estimate of drug-likeness (QED) is 0.573. The molecular weight excluding hydrogens is 236 g/mol. The van der Waals surface area contributed by atoms with E-state index in [-0.39, 0.29) is 29.0 Å². The maximum Gasteiger partial charge on any atom is 0.146 e. The van der Waals surface area contributed by atoms with Gasteiger partial charge in [-0.25, -0.2) is 0 Å². The van der Waals surface area contributed by atoms with Crippen molar-refractivity contribution in [1.29, 1.82) is 0 Å². The molecule has 19 heavy (non-hydrogen) atoms. The Bertz CT molecular complexity index is 476. The highest BCUT2D eigenvalue weighted by Gasteiger charge is 2.63. The predicted octanol–water partition coefficient (Wildman–Crippen LogP) is 3.45. The van der Waals surface area contributed by atoms with Crippen molar-refractivity contribution in [2.45, 2.75) is 44.8 Å². The molecular formula is C17H22O2. The van der Waals surface area contributed by atoms with Gasteiger partial charge >= 0.3 is 0 Å². The number of carbonyl (C=O) groups is 1. The van der Waals surface area contributed by atoms with Crippen LogP contribution in [0.2, 0.25) is 0 Å². The summed E-state index contributed by atoms with van der Waals surface area (Å²) in [7, 11) is 0. The van der Waals surface area contributed by atoms with Crippen LogP contribution in [0.3, 0.4) is 0 Å². The topological polar surface area (TPSA) is 29.6 Å². The SMILES string of the molecule is C=CCC[C@]12C=C[C@]3(C)O[C@@H]3[C@H]1C=CC[C@@H](C)C2=O. The van der Waals surface area contributed by atoms with Crippen LogP contribution >= 0.6 is 0 Å². The van der Waals surface area contributed by atoms with Gasteiger partial charge in [-0.1, -0.05) is 37.3 Å². The molecule has 1 aliphatic heterocycles. The molecule has 3 aliphatic rings. The van der Waals surface area contributed by atoms with Crippen LogP contribution in [0.5, 0.6) is 0 Å². The maximum absolute atomic E-state index is 12.9.